The van der Waals surface area contributed by atoms with Crippen LogP contribution in [0.1, 0.15) is 49.5 Å². The van der Waals surface area contributed by atoms with E-state index >= 15 is 0 Å². The number of primary amides is 1. The maximum atomic E-state index is 13.4. The first-order valence-corrected chi connectivity index (χ1v) is 21.5. The molecular formula is C44H53N7O8S. The van der Waals surface area contributed by atoms with Gasteiger partial charge in [-0.1, -0.05) is 45.0 Å². The highest BCUT2D eigenvalue weighted by molar-refractivity contribution is 7.92. The molecule has 0 radical (unpaired) electrons. The summed E-state index contributed by atoms with van der Waals surface area (Å²) in [6, 6.07) is 22.2. The third kappa shape index (κ3) is 10.7. The largest absolute Gasteiger partial charge is 0.496 e. The van der Waals surface area contributed by atoms with Crippen molar-refractivity contribution in [2.24, 2.45) is 5.73 Å². The van der Waals surface area contributed by atoms with Gasteiger partial charge in [-0.15, -0.1) is 0 Å². The van der Waals surface area contributed by atoms with E-state index < -0.39 is 21.5 Å². The van der Waals surface area contributed by atoms with E-state index in [1.165, 1.54) is 19.1 Å². The van der Waals surface area contributed by atoms with Crippen molar-refractivity contribution in [1.82, 2.24) is 15.2 Å². The Kier molecular flexibility index (Phi) is 13.7. The molecule has 0 bridgehead atoms. The highest BCUT2D eigenvalue weighted by Gasteiger charge is 2.28. The molecule has 4 aromatic carbocycles. The van der Waals surface area contributed by atoms with Crippen molar-refractivity contribution in [3.63, 3.8) is 0 Å². The lowest BCUT2D eigenvalue weighted by Crippen LogP contribution is -2.32. The molecule has 1 saturated heterocycles. The van der Waals surface area contributed by atoms with Gasteiger partial charge in [0.1, 0.15) is 23.1 Å². The minimum Gasteiger partial charge on any atom is -0.496 e. The van der Waals surface area contributed by atoms with Crippen LogP contribution >= 0.6 is 0 Å². The number of anilines is 5. The zero-order valence-electron chi connectivity index (χ0n) is 34.8. The predicted molar refractivity (Wildman–Crippen MR) is 235 cm³/mol. The summed E-state index contributed by atoms with van der Waals surface area (Å²) in [5, 5.41) is 7.58. The van der Waals surface area contributed by atoms with E-state index in [1.54, 1.807) is 60.8 Å². The number of aromatic nitrogens is 1. The summed E-state index contributed by atoms with van der Waals surface area (Å²) >= 11 is 0. The number of nitrogens with two attached hydrogens (primary N) is 1. The molecule has 1 aromatic heterocycles. The molecule has 60 heavy (non-hydrogen) atoms. The van der Waals surface area contributed by atoms with Crippen LogP contribution in [0.4, 0.5) is 33.4 Å². The molecule has 318 valence electrons. The minimum atomic E-state index is -3.72. The number of pyridine rings is 1. The van der Waals surface area contributed by atoms with Crippen LogP contribution in [0.5, 0.6) is 23.0 Å². The van der Waals surface area contributed by atoms with Crippen molar-refractivity contribution in [2.45, 2.75) is 39.0 Å². The van der Waals surface area contributed by atoms with Crippen LogP contribution in [-0.4, -0.2) is 90.1 Å². The van der Waals surface area contributed by atoms with E-state index in [4.69, 9.17) is 24.7 Å². The fourth-order valence-corrected chi connectivity index (χ4v) is 7.56. The molecule has 1 aliphatic heterocycles. The van der Waals surface area contributed by atoms with Crippen molar-refractivity contribution in [3.8, 4) is 23.0 Å². The van der Waals surface area contributed by atoms with Crippen LogP contribution in [0.3, 0.4) is 0 Å². The van der Waals surface area contributed by atoms with E-state index in [0.717, 1.165) is 57.5 Å². The SMILES string of the molecule is COc1cc(Nc2cc(Oc3ccc(N(C(N)=O)c4cc(C(C)(C)C)cc(NS(C)(=O)=O)c4OC)c4ccccc34)ccn2)ccc1C(=O)NCCCN1CCCOCC1. The van der Waals surface area contributed by atoms with Crippen molar-refractivity contribution in [1.29, 1.82) is 0 Å². The molecule has 2 heterocycles. The third-order valence-corrected chi connectivity index (χ3v) is 10.5. The van der Waals surface area contributed by atoms with Gasteiger partial charge in [0.15, 0.2) is 5.75 Å². The van der Waals surface area contributed by atoms with Crippen LogP contribution in [0.2, 0.25) is 0 Å². The fourth-order valence-electron chi connectivity index (χ4n) is 7.00. The molecular weight excluding hydrogens is 787 g/mol. The van der Waals surface area contributed by atoms with Gasteiger partial charge in [0.05, 0.1) is 49.7 Å². The molecule has 0 aliphatic carbocycles. The number of ether oxygens (including phenoxy) is 4. The molecule has 5 aromatic rings. The molecule has 0 atom stereocenters. The second-order valence-corrected chi connectivity index (χ2v) is 17.2. The van der Waals surface area contributed by atoms with E-state index in [0.29, 0.717) is 57.3 Å². The summed E-state index contributed by atoms with van der Waals surface area (Å²) in [7, 11) is -0.798. The number of benzene rings is 4. The highest BCUT2D eigenvalue weighted by Crippen LogP contribution is 2.46. The number of fused-ring (bicyclic) bond motifs is 1. The number of carbonyl (C=O) groups is 2. The van der Waals surface area contributed by atoms with E-state index in [-0.39, 0.29) is 23.0 Å². The third-order valence-electron chi connectivity index (χ3n) is 9.93. The topological polar surface area (TPSA) is 187 Å². The number of hydrogen-bond donors (Lipinski definition) is 4. The summed E-state index contributed by atoms with van der Waals surface area (Å²) in [4.78, 5) is 34.6. The summed E-state index contributed by atoms with van der Waals surface area (Å²) in [6.45, 7) is 10.8. The molecule has 3 amide bonds. The van der Waals surface area contributed by atoms with Gasteiger partial charge in [-0.25, -0.2) is 18.2 Å². The Morgan fingerprint density at radius 2 is 1.70 bits per heavy atom. The number of sulfonamides is 1. The number of carbonyl (C=O) groups excluding carboxylic acids is 2. The number of nitrogens with zero attached hydrogens (tertiary/aromatic N) is 3. The first-order valence-electron chi connectivity index (χ1n) is 19.6. The summed E-state index contributed by atoms with van der Waals surface area (Å²) < 4.78 is 50.7. The van der Waals surface area contributed by atoms with Gasteiger partial charge in [0.25, 0.3) is 5.91 Å². The van der Waals surface area contributed by atoms with Gasteiger partial charge in [0.2, 0.25) is 10.0 Å². The Morgan fingerprint density at radius 1 is 0.917 bits per heavy atom. The summed E-state index contributed by atoms with van der Waals surface area (Å²) in [6.07, 6.45) is 4.50. The van der Waals surface area contributed by atoms with Crippen molar-refractivity contribution >= 4 is 61.3 Å². The van der Waals surface area contributed by atoms with Crippen molar-refractivity contribution in [3.05, 3.63) is 96.2 Å². The number of nitrogens with one attached hydrogen (secondary N) is 3. The highest BCUT2D eigenvalue weighted by atomic mass is 32.2. The Labute approximate surface area is 351 Å². The number of amides is 3. The standard InChI is InChI=1S/C44H53N7O8S/c1-44(2,3)29-25-35(49-60(6,54)55)41(57-5)37(26-29)51(43(45)53)36-15-16-38(33-12-8-7-11-32(33)36)59-31-17-19-46-40(28-31)48-30-13-14-34(39(27-30)56-4)42(52)47-18-9-20-50-21-10-23-58-24-22-50/h7-8,11-17,19,25-28,49H,9-10,18,20-24H2,1-6H3,(H2,45,53)(H,46,48)(H,47,52). The first-order chi connectivity index (χ1) is 28.6. The van der Waals surface area contributed by atoms with Gasteiger partial charge < -0.3 is 40.2 Å². The maximum absolute atomic E-state index is 13.4. The van der Waals surface area contributed by atoms with Crippen LogP contribution < -0.4 is 40.2 Å². The fraction of sp³-hybridized carbons (Fsp3) is 0.341. The second-order valence-electron chi connectivity index (χ2n) is 15.4. The number of hydrogen-bond acceptors (Lipinski definition) is 11. The van der Waals surface area contributed by atoms with Crippen LogP contribution in [0.25, 0.3) is 10.8 Å². The Hall–Kier alpha value is -6.10. The molecule has 16 heteroatoms. The predicted octanol–water partition coefficient (Wildman–Crippen LogP) is 7.52. The van der Waals surface area contributed by atoms with Gasteiger partial charge >= 0.3 is 6.03 Å². The van der Waals surface area contributed by atoms with Crippen LogP contribution in [0, 0.1) is 0 Å². The minimum absolute atomic E-state index is 0.120. The molecule has 0 saturated carbocycles. The Morgan fingerprint density at radius 3 is 2.42 bits per heavy atom. The first kappa shape index (κ1) is 43.5. The lowest BCUT2D eigenvalue weighted by atomic mass is 9.86. The van der Waals surface area contributed by atoms with Crippen LogP contribution in [0.15, 0.2) is 85.1 Å². The monoisotopic (exact) mass is 839 g/mol. The molecule has 15 nitrogen and oxygen atoms in total. The van der Waals surface area contributed by atoms with Crippen LogP contribution in [-0.2, 0) is 20.2 Å². The molecule has 1 aliphatic rings. The lowest BCUT2D eigenvalue weighted by Gasteiger charge is -2.29. The Balaban J connectivity index is 1.23. The second kappa shape index (κ2) is 18.9. The summed E-state index contributed by atoms with van der Waals surface area (Å²) in [5.74, 6) is 1.77. The zero-order chi connectivity index (χ0) is 43.0. The molecule has 5 N–H and O–H groups in total. The van der Waals surface area contributed by atoms with Crippen molar-refractivity contribution in [2.75, 3.05) is 74.8 Å². The van der Waals surface area contributed by atoms with E-state index in [9.17, 15) is 18.0 Å². The molecule has 0 unspecified atom stereocenters. The quantitative estimate of drug-likeness (QED) is 0.0765. The average molecular weight is 840 g/mol. The van der Waals surface area contributed by atoms with E-state index in [1.807, 2.05) is 45.0 Å². The average Bonchev–Trinajstić information content (AvgIpc) is 3.48. The smallest absolute Gasteiger partial charge is 0.324 e. The molecule has 6 rings (SSSR count). The number of rotatable bonds is 15. The number of urea groups is 1. The normalized spacial score (nSPS) is 13.6. The summed E-state index contributed by atoms with van der Waals surface area (Å²) in [5.41, 5.74) is 8.32. The van der Waals surface area contributed by atoms with Crippen molar-refractivity contribution < 1.29 is 37.0 Å². The number of methoxy groups -OCH3 is 2. The van der Waals surface area contributed by atoms with Gasteiger partial charge in [-0.3, -0.25) is 14.4 Å². The van der Waals surface area contributed by atoms with Gasteiger partial charge in [-0.2, -0.15) is 0 Å². The van der Waals surface area contributed by atoms with E-state index in [2.05, 4.69) is 25.2 Å². The maximum Gasteiger partial charge on any atom is 0.324 e. The molecule has 1 fully saturated rings. The molecule has 0 spiro atoms. The Bertz CT molecular complexity index is 2450. The zero-order valence-corrected chi connectivity index (χ0v) is 35.6. The lowest BCUT2D eigenvalue weighted by molar-refractivity contribution is 0.0948. The van der Waals surface area contributed by atoms with Gasteiger partial charge in [0, 0.05) is 61.0 Å². The van der Waals surface area contributed by atoms with Gasteiger partial charge in [-0.05, 0) is 72.8 Å².